The Morgan fingerprint density at radius 1 is 1.10 bits per heavy atom. The minimum Gasteiger partial charge on any atom is -0.491 e. The molecule has 0 saturated carbocycles. The van der Waals surface area contributed by atoms with E-state index in [1.165, 1.54) is 5.56 Å². The van der Waals surface area contributed by atoms with Gasteiger partial charge in [-0.05, 0) is 24.1 Å². The molecule has 106 valence electrons. The van der Waals surface area contributed by atoms with Crippen molar-refractivity contribution in [1.29, 1.82) is 0 Å². The molecular weight excluding hydrogens is 248 g/mol. The third-order valence-electron chi connectivity index (χ3n) is 3.16. The normalized spacial score (nSPS) is 10.3. The van der Waals surface area contributed by atoms with Gasteiger partial charge in [-0.2, -0.15) is 0 Å². The number of hydrogen-bond donors (Lipinski definition) is 1. The first-order chi connectivity index (χ1) is 9.70. The van der Waals surface area contributed by atoms with Crippen LogP contribution in [-0.2, 0) is 6.54 Å². The second kappa shape index (κ2) is 6.85. The number of ether oxygens (including phenoxy) is 1. The summed E-state index contributed by atoms with van der Waals surface area (Å²) in [7, 11) is 2.07. The second-order valence-corrected chi connectivity index (χ2v) is 4.91. The van der Waals surface area contributed by atoms with E-state index in [2.05, 4.69) is 43.1 Å². The number of nitrogens with two attached hydrogens (primary N) is 1. The molecule has 2 N–H and O–H groups in total. The summed E-state index contributed by atoms with van der Waals surface area (Å²) in [6.07, 6.45) is 0.976. The standard InChI is InChI=1S/C17H22N2O/c1-3-11-20-17-12-15(9-10-16(17)18)19(2)13-14-7-5-4-6-8-14/h4-10,12H,3,11,13,18H2,1-2H3. The van der Waals surface area contributed by atoms with Crippen LogP contribution in [0.25, 0.3) is 0 Å². The Labute approximate surface area is 121 Å². The van der Waals surface area contributed by atoms with Gasteiger partial charge in [-0.15, -0.1) is 0 Å². The molecule has 0 aliphatic rings. The van der Waals surface area contributed by atoms with Gasteiger partial charge in [-0.3, -0.25) is 0 Å². The van der Waals surface area contributed by atoms with Crippen molar-refractivity contribution in [2.45, 2.75) is 19.9 Å². The van der Waals surface area contributed by atoms with Crippen LogP contribution in [-0.4, -0.2) is 13.7 Å². The van der Waals surface area contributed by atoms with Crippen LogP contribution < -0.4 is 15.4 Å². The molecule has 0 atom stereocenters. The Bertz CT molecular complexity index is 540. The van der Waals surface area contributed by atoms with Crippen molar-refractivity contribution in [3.8, 4) is 5.75 Å². The molecule has 0 unspecified atom stereocenters. The van der Waals surface area contributed by atoms with Crippen LogP contribution in [0.1, 0.15) is 18.9 Å². The smallest absolute Gasteiger partial charge is 0.144 e. The van der Waals surface area contributed by atoms with E-state index in [0.29, 0.717) is 12.3 Å². The van der Waals surface area contributed by atoms with Gasteiger partial charge < -0.3 is 15.4 Å². The highest BCUT2D eigenvalue weighted by Gasteiger charge is 2.06. The Kier molecular flexibility index (Phi) is 4.88. The number of hydrogen-bond acceptors (Lipinski definition) is 3. The van der Waals surface area contributed by atoms with Gasteiger partial charge in [0.05, 0.1) is 12.3 Å². The van der Waals surface area contributed by atoms with E-state index >= 15 is 0 Å². The van der Waals surface area contributed by atoms with Gasteiger partial charge in [0, 0.05) is 25.3 Å². The fourth-order valence-corrected chi connectivity index (χ4v) is 2.05. The molecule has 0 aliphatic carbocycles. The quantitative estimate of drug-likeness (QED) is 0.813. The molecule has 0 aromatic heterocycles. The maximum atomic E-state index is 5.94. The summed E-state index contributed by atoms with van der Waals surface area (Å²) in [6, 6.07) is 16.3. The molecule has 2 aromatic rings. The Balaban J connectivity index is 2.11. The number of anilines is 2. The summed E-state index contributed by atoms with van der Waals surface area (Å²) in [5, 5.41) is 0. The number of nitrogen functional groups attached to an aromatic ring is 1. The van der Waals surface area contributed by atoms with E-state index in [1.54, 1.807) is 0 Å². The van der Waals surface area contributed by atoms with Crippen molar-refractivity contribution in [2.24, 2.45) is 0 Å². The van der Waals surface area contributed by atoms with Crippen molar-refractivity contribution in [3.63, 3.8) is 0 Å². The predicted octanol–water partition coefficient (Wildman–Crippen LogP) is 3.69. The Morgan fingerprint density at radius 3 is 2.55 bits per heavy atom. The number of nitrogens with zero attached hydrogens (tertiary/aromatic N) is 1. The summed E-state index contributed by atoms with van der Waals surface area (Å²) in [4.78, 5) is 2.19. The first kappa shape index (κ1) is 14.3. The van der Waals surface area contributed by atoms with Gasteiger partial charge in [0.25, 0.3) is 0 Å². The Hall–Kier alpha value is -2.16. The van der Waals surface area contributed by atoms with E-state index in [9.17, 15) is 0 Å². The molecule has 3 nitrogen and oxygen atoms in total. The lowest BCUT2D eigenvalue weighted by molar-refractivity contribution is 0.319. The maximum absolute atomic E-state index is 5.94. The summed E-state index contributed by atoms with van der Waals surface area (Å²) < 4.78 is 5.68. The zero-order valence-electron chi connectivity index (χ0n) is 12.2. The molecule has 0 spiro atoms. The summed E-state index contributed by atoms with van der Waals surface area (Å²) >= 11 is 0. The monoisotopic (exact) mass is 270 g/mol. The van der Waals surface area contributed by atoms with E-state index in [4.69, 9.17) is 10.5 Å². The average Bonchev–Trinajstić information content (AvgIpc) is 2.47. The van der Waals surface area contributed by atoms with Crippen molar-refractivity contribution in [1.82, 2.24) is 0 Å². The SMILES string of the molecule is CCCOc1cc(N(C)Cc2ccccc2)ccc1N. The fourth-order valence-electron chi connectivity index (χ4n) is 2.05. The van der Waals surface area contributed by atoms with Gasteiger partial charge in [0.1, 0.15) is 5.75 Å². The zero-order valence-corrected chi connectivity index (χ0v) is 12.2. The first-order valence-electron chi connectivity index (χ1n) is 6.98. The van der Waals surface area contributed by atoms with Crippen LogP contribution in [0.15, 0.2) is 48.5 Å². The van der Waals surface area contributed by atoms with Gasteiger partial charge in [0.2, 0.25) is 0 Å². The topological polar surface area (TPSA) is 38.5 Å². The van der Waals surface area contributed by atoms with Gasteiger partial charge in [0.15, 0.2) is 0 Å². The van der Waals surface area contributed by atoms with Gasteiger partial charge >= 0.3 is 0 Å². The highest BCUT2D eigenvalue weighted by atomic mass is 16.5. The molecule has 2 rings (SSSR count). The zero-order chi connectivity index (χ0) is 14.4. The molecule has 0 aliphatic heterocycles. The van der Waals surface area contributed by atoms with E-state index in [-0.39, 0.29) is 0 Å². The second-order valence-electron chi connectivity index (χ2n) is 4.91. The first-order valence-corrected chi connectivity index (χ1v) is 6.98. The van der Waals surface area contributed by atoms with Crippen LogP contribution in [0.5, 0.6) is 5.75 Å². The van der Waals surface area contributed by atoms with E-state index in [1.807, 2.05) is 24.3 Å². The number of benzene rings is 2. The lowest BCUT2D eigenvalue weighted by Crippen LogP contribution is -2.16. The summed E-state index contributed by atoms with van der Waals surface area (Å²) in [6.45, 7) is 3.63. The summed E-state index contributed by atoms with van der Waals surface area (Å²) in [5.74, 6) is 0.768. The van der Waals surface area contributed by atoms with Crippen molar-refractivity contribution >= 4 is 11.4 Å². The highest BCUT2D eigenvalue weighted by Crippen LogP contribution is 2.28. The highest BCUT2D eigenvalue weighted by molar-refractivity contribution is 5.62. The lowest BCUT2D eigenvalue weighted by Gasteiger charge is -2.21. The molecule has 0 saturated heterocycles. The largest absolute Gasteiger partial charge is 0.491 e. The maximum Gasteiger partial charge on any atom is 0.144 e. The molecule has 0 fully saturated rings. The summed E-state index contributed by atoms with van der Waals surface area (Å²) in [5.41, 5.74) is 9.02. The van der Waals surface area contributed by atoms with Crippen LogP contribution in [0.2, 0.25) is 0 Å². The molecule has 0 heterocycles. The molecule has 2 aromatic carbocycles. The third-order valence-corrected chi connectivity index (χ3v) is 3.16. The predicted molar refractivity (Wildman–Crippen MR) is 85.2 cm³/mol. The molecule has 0 bridgehead atoms. The number of rotatable bonds is 6. The van der Waals surface area contributed by atoms with Crippen LogP contribution in [0.4, 0.5) is 11.4 Å². The molecule has 20 heavy (non-hydrogen) atoms. The van der Waals surface area contributed by atoms with Crippen LogP contribution >= 0.6 is 0 Å². The third kappa shape index (κ3) is 3.67. The van der Waals surface area contributed by atoms with Crippen LogP contribution in [0.3, 0.4) is 0 Å². The minimum absolute atomic E-state index is 0.690. The average molecular weight is 270 g/mol. The van der Waals surface area contributed by atoms with E-state index in [0.717, 1.165) is 24.4 Å². The van der Waals surface area contributed by atoms with Crippen molar-refractivity contribution in [2.75, 3.05) is 24.3 Å². The minimum atomic E-state index is 0.690. The molecule has 0 amide bonds. The lowest BCUT2D eigenvalue weighted by atomic mass is 10.2. The van der Waals surface area contributed by atoms with Crippen LogP contribution in [0, 0.1) is 0 Å². The van der Waals surface area contributed by atoms with Crippen molar-refractivity contribution < 1.29 is 4.74 Å². The van der Waals surface area contributed by atoms with Crippen molar-refractivity contribution in [3.05, 3.63) is 54.1 Å². The molecule has 3 heteroatoms. The fraction of sp³-hybridized carbons (Fsp3) is 0.294. The Morgan fingerprint density at radius 2 is 1.85 bits per heavy atom. The molecular formula is C17H22N2O. The van der Waals surface area contributed by atoms with Gasteiger partial charge in [-0.25, -0.2) is 0 Å². The van der Waals surface area contributed by atoms with Gasteiger partial charge in [-0.1, -0.05) is 37.3 Å². The molecule has 0 radical (unpaired) electrons. The van der Waals surface area contributed by atoms with E-state index < -0.39 is 0 Å².